The van der Waals surface area contributed by atoms with Gasteiger partial charge in [-0.05, 0) is 37.5 Å². The lowest BCUT2D eigenvalue weighted by atomic mass is 9.71. The molecule has 0 radical (unpaired) electrons. The normalized spacial score (nSPS) is 37.9. The Morgan fingerprint density at radius 2 is 2.00 bits per heavy atom. The highest BCUT2D eigenvalue weighted by atomic mass is 32.2. The van der Waals surface area contributed by atoms with Crippen molar-refractivity contribution in [2.45, 2.75) is 45.1 Å². The summed E-state index contributed by atoms with van der Waals surface area (Å²) in [5, 5.41) is 10.4. The van der Waals surface area contributed by atoms with Crippen LogP contribution in [0.25, 0.3) is 0 Å². The van der Waals surface area contributed by atoms with Crippen molar-refractivity contribution in [3.8, 4) is 0 Å². The van der Waals surface area contributed by atoms with Gasteiger partial charge in [-0.2, -0.15) is 0 Å². The average Bonchev–Trinajstić information content (AvgIpc) is 2.08. The monoisotopic (exact) mass is 234 g/mol. The molecule has 0 saturated heterocycles. The smallest absolute Gasteiger partial charge is 0.147 e. The van der Waals surface area contributed by atoms with Gasteiger partial charge in [-0.25, -0.2) is 8.42 Å². The molecule has 1 saturated carbocycles. The fourth-order valence-corrected chi connectivity index (χ4v) is 3.14. The summed E-state index contributed by atoms with van der Waals surface area (Å²) in [6.45, 7) is 4.21. The highest BCUT2D eigenvalue weighted by Gasteiger charge is 2.38. The third kappa shape index (κ3) is 3.76. The first-order valence-electron chi connectivity index (χ1n) is 5.63. The van der Waals surface area contributed by atoms with Crippen LogP contribution in [0, 0.1) is 11.8 Å². The molecule has 0 spiro atoms. The maximum absolute atomic E-state index is 11.1. The average molecular weight is 234 g/mol. The third-order valence-corrected chi connectivity index (χ3v) is 4.59. The van der Waals surface area contributed by atoms with E-state index in [2.05, 4.69) is 6.92 Å². The molecule has 1 fully saturated rings. The van der Waals surface area contributed by atoms with Gasteiger partial charge < -0.3 is 5.11 Å². The minimum atomic E-state index is -2.96. The van der Waals surface area contributed by atoms with Gasteiger partial charge in [0.05, 0.1) is 11.4 Å². The van der Waals surface area contributed by atoms with Crippen LogP contribution in [0.4, 0.5) is 0 Å². The Morgan fingerprint density at radius 3 is 2.47 bits per heavy atom. The molecule has 0 aromatic heterocycles. The summed E-state index contributed by atoms with van der Waals surface area (Å²) in [6.07, 6.45) is 4.36. The van der Waals surface area contributed by atoms with E-state index in [0.717, 1.165) is 19.3 Å². The van der Waals surface area contributed by atoms with Crippen LogP contribution in [0.2, 0.25) is 0 Å². The first kappa shape index (κ1) is 13.0. The van der Waals surface area contributed by atoms with Crippen LogP contribution in [0.1, 0.15) is 39.5 Å². The maximum Gasteiger partial charge on any atom is 0.147 e. The van der Waals surface area contributed by atoms with Crippen LogP contribution in [0.5, 0.6) is 0 Å². The lowest BCUT2D eigenvalue weighted by Crippen LogP contribution is -2.42. The van der Waals surface area contributed by atoms with Crippen LogP contribution in [0.3, 0.4) is 0 Å². The predicted octanol–water partition coefficient (Wildman–Crippen LogP) is 1.61. The molecule has 3 atom stereocenters. The Bertz CT molecular complexity index is 310. The standard InChI is InChI=1S/C11H22O3S/c1-9-4-5-11(12,10(2)8-9)6-7-15(3,13)14/h9-10,12H,4-8H2,1-3H3. The van der Waals surface area contributed by atoms with E-state index in [9.17, 15) is 13.5 Å². The molecule has 4 heteroatoms. The Hall–Kier alpha value is -0.0900. The van der Waals surface area contributed by atoms with Gasteiger partial charge in [0.25, 0.3) is 0 Å². The van der Waals surface area contributed by atoms with Crippen LogP contribution >= 0.6 is 0 Å². The summed E-state index contributed by atoms with van der Waals surface area (Å²) in [5.41, 5.74) is -0.754. The minimum Gasteiger partial charge on any atom is -0.390 e. The number of hydrogen-bond donors (Lipinski definition) is 1. The van der Waals surface area contributed by atoms with Crippen LogP contribution in [-0.4, -0.2) is 31.1 Å². The molecule has 0 amide bonds. The zero-order valence-corrected chi connectivity index (χ0v) is 10.7. The van der Waals surface area contributed by atoms with E-state index in [0.29, 0.717) is 12.3 Å². The number of aliphatic hydroxyl groups is 1. The van der Waals surface area contributed by atoms with Crippen molar-refractivity contribution in [2.24, 2.45) is 11.8 Å². The Morgan fingerprint density at radius 1 is 1.40 bits per heavy atom. The molecular weight excluding hydrogens is 212 g/mol. The van der Waals surface area contributed by atoms with Crippen LogP contribution < -0.4 is 0 Å². The minimum absolute atomic E-state index is 0.0994. The Balaban J connectivity index is 2.58. The topological polar surface area (TPSA) is 54.4 Å². The van der Waals surface area contributed by atoms with E-state index in [1.165, 1.54) is 6.26 Å². The van der Waals surface area contributed by atoms with Crippen LogP contribution in [-0.2, 0) is 9.84 Å². The highest BCUT2D eigenvalue weighted by Crippen LogP contribution is 2.38. The van der Waals surface area contributed by atoms with Gasteiger partial charge in [0, 0.05) is 6.26 Å². The second kappa shape index (κ2) is 4.42. The molecule has 3 unspecified atom stereocenters. The van der Waals surface area contributed by atoms with Crippen molar-refractivity contribution < 1.29 is 13.5 Å². The zero-order valence-electron chi connectivity index (χ0n) is 9.86. The third-order valence-electron chi connectivity index (χ3n) is 3.65. The lowest BCUT2D eigenvalue weighted by Gasteiger charge is -2.40. The summed E-state index contributed by atoms with van der Waals surface area (Å²) < 4.78 is 22.2. The largest absolute Gasteiger partial charge is 0.390 e. The van der Waals surface area contributed by atoms with Crippen molar-refractivity contribution >= 4 is 9.84 Å². The molecule has 0 bridgehead atoms. The molecule has 0 aliphatic heterocycles. The molecule has 1 aliphatic rings. The molecule has 90 valence electrons. The second-order valence-corrected chi connectivity index (χ2v) is 7.52. The fourth-order valence-electron chi connectivity index (χ4n) is 2.42. The highest BCUT2D eigenvalue weighted by molar-refractivity contribution is 7.90. The van der Waals surface area contributed by atoms with Crippen molar-refractivity contribution in [3.63, 3.8) is 0 Å². The van der Waals surface area contributed by atoms with Crippen molar-refractivity contribution in [2.75, 3.05) is 12.0 Å². The Labute approximate surface area is 92.8 Å². The van der Waals surface area contributed by atoms with Gasteiger partial charge in [0.15, 0.2) is 0 Å². The molecule has 1 N–H and O–H groups in total. The van der Waals surface area contributed by atoms with Gasteiger partial charge in [-0.1, -0.05) is 13.8 Å². The lowest BCUT2D eigenvalue weighted by molar-refractivity contribution is -0.0548. The number of sulfone groups is 1. The summed E-state index contributed by atoms with van der Waals surface area (Å²) in [7, 11) is -2.96. The molecule has 0 heterocycles. The Kier molecular flexibility index (Phi) is 3.82. The molecule has 0 aromatic rings. The van der Waals surface area contributed by atoms with E-state index >= 15 is 0 Å². The molecule has 15 heavy (non-hydrogen) atoms. The quantitative estimate of drug-likeness (QED) is 0.807. The van der Waals surface area contributed by atoms with Crippen molar-refractivity contribution in [1.29, 1.82) is 0 Å². The molecule has 3 nitrogen and oxygen atoms in total. The molecule has 1 rings (SSSR count). The van der Waals surface area contributed by atoms with E-state index in [4.69, 9.17) is 0 Å². The first-order valence-corrected chi connectivity index (χ1v) is 7.69. The van der Waals surface area contributed by atoms with E-state index < -0.39 is 15.4 Å². The number of rotatable bonds is 3. The van der Waals surface area contributed by atoms with Gasteiger partial charge in [0.2, 0.25) is 0 Å². The van der Waals surface area contributed by atoms with Gasteiger partial charge in [-0.3, -0.25) is 0 Å². The van der Waals surface area contributed by atoms with Crippen LogP contribution in [0.15, 0.2) is 0 Å². The van der Waals surface area contributed by atoms with Gasteiger partial charge >= 0.3 is 0 Å². The number of hydrogen-bond acceptors (Lipinski definition) is 3. The van der Waals surface area contributed by atoms with Gasteiger partial charge in [-0.15, -0.1) is 0 Å². The maximum atomic E-state index is 11.1. The van der Waals surface area contributed by atoms with E-state index in [1.54, 1.807) is 0 Å². The molecule has 1 aliphatic carbocycles. The van der Waals surface area contributed by atoms with Crippen molar-refractivity contribution in [3.05, 3.63) is 0 Å². The summed E-state index contributed by atoms with van der Waals surface area (Å²) in [4.78, 5) is 0. The van der Waals surface area contributed by atoms with E-state index in [-0.39, 0.29) is 11.7 Å². The summed E-state index contributed by atoms with van der Waals surface area (Å²) in [6, 6.07) is 0. The predicted molar refractivity (Wildman–Crippen MR) is 61.5 cm³/mol. The summed E-state index contributed by atoms with van der Waals surface area (Å²) in [5.74, 6) is 0.962. The molecule has 0 aromatic carbocycles. The van der Waals surface area contributed by atoms with E-state index in [1.807, 2.05) is 6.92 Å². The summed E-state index contributed by atoms with van der Waals surface area (Å²) >= 11 is 0. The van der Waals surface area contributed by atoms with Crippen molar-refractivity contribution in [1.82, 2.24) is 0 Å². The zero-order chi connectivity index (χ0) is 11.7. The first-order chi connectivity index (χ1) is 6.73. The SMILES string of the molecule is CC1CCC(O)(CCS(C)(=O)=O)C(C)C1. The fraction of sp³-hybridized carbons (Fsp3) is 1.00. The van der Waals surface area contributed by atoms with Gasteiger partial charge in [0.1, 0.15) is 9.84 Å². The second-order valence-electron chi connectivity index (χ2n) is 5.26. The molecular formula is C11H22O3S.